The SMILES string of the molecule is CC(=O)OC(CO)c1cccc(C(O)=C(C(=O)c2cccc(F)c2)c2nc3ccccc3[nH]2)c1. The number of aliphatic hydroxyl groups is 2. The van der Waals surface area contributed by atoms with E-state index in [1.165, 1.54) is 31.2 Å². The largest absolute Gasteiger partial charge is 0.506 e. The van der Waals surface area contributed by atoms with Gasteiger partial charge in [-0.15, -0.1) is 0 Å². The molecule has 0 saturated carbocycles. The molecule has 0 saturated heterocycles. The van der Waals surface area contributed by atoms with E-state index < -0.39 is 36.0 Å². The number of ketones is 1. The Kier molecular flexibility index (Phi) is 6.51. The van der Waals surface area contributed by atoms with Crippen LogP contribution < -0.4 is 0 Å². The maximum Gasteiger partial charge on any atom is 0.303 e. The molecule has 0 radical (unpaired) electrons. The van der Waals surface area contributed by atoms with Gasteiger partial charge in [-0.25, -0.2) is 9.37 Å². The van der Waals surface area contributed by atoms with E-state index in [9.17, 15) is 24.2 Å². The van der Waals surface area contributed by atoms with Gasteiger partial charge >= 0.3 is 5.97 Å². The van der Waals surface area contributed by atoms with Crippen LogP contribution in [0.25, 0.3) is 22.4 Å². The van der Waals surface area contributed by atoms with Crippen molar-refractivity contribution in [3.63, 3.8) is 0 Å². The van der Waals surface area contributed by atoms with Gasteiger partial charge in [0.1, 0.15) is 29.1 Å². The molecule has 1 heterocycles. The topological polar surface area (TPSA) is 113 Å². The number of aliphatic hydroxyl groups excluding tert-OH is 2. The van der Waals surface area contributed by atoms with Crippen LogP contribution in [0.3, 0.4) is 0 Å². The number of carbonyl (C=O) groups is 2. The molecule has 1 unspecified atom stereocenters. The Morgan fingerprint density at radius 2 is 1.76 bits per heavy atom. The van der Waals surface area contributed by atoms with Crippen molar-refractivity contribution >= 4 is 34.1 Å². The van der Waals surface area contributed by atoms with Crippen molar-refractivity contribution in [1.82, 2.24) is 9.97 Å². The number of aromatic nitrogens is 2. The van der Waals surface area contributed by atoms with E-state index in [2.05, 4.69) is 9.97 Å². The summed E-state index contributed by atoms with van der Waals surface area (Å²) in [6.45, 7) is 0.757. The normalized spacial score (nSPS) is 12.8. The fourth-order valence-corrected chi connectivity index (χ4v) is 3.61. The summed E-state index contributed by atoms with van der Waals surface area (Å²) >= 11 is 0. The number of aromatic amines is 1. The van der Waals surface area contributed by atoms with Crippen LogP contribution in [0.15, 0.2) is 72.8 Å². The van der Waals surface area contributed by atoms with Gasteiger partial charge < -0.3 is 19.9 Å². The first-order valence-corrected chi connectivity index (χ1v) is 10.4. The Hall–Kier alpha value is -4.30. The molecule has 172 valence electrons. The van der Waals surface area contributed by atoms with Crippen LogP contribution in [0, 0.1) is 5.82 Å². The second-order valence-electron chi connectivity index (χ2n) is 7.57. The number of nitrogens with zero attached hydrogens (tertiary/aromatic N) is 1. The van der Waals surface area contributed by atoms with Gasteiger partial charge in [-0.1, -0.05) is 42.5 Å². The molecule has 0 bridgehead atoms. The predicted octanol–water partition coefficient (Wildman–Crippen LogP) is 4.61. The number of rotatable bonds is 7. The van der Waals surface area contributed by atoms with Gasteiger partial charge in [0.2, 0.25) is 5.78 Å². The Bertz CT molecular complexity index is 1380. The third-order valence-corrected chi connectivity index (χ3v) is 5.18. The summed E-state index contributed by atoms with van der Waals surface area (Å²) in [5.41, 5.74) is 1.75. The maximum absolute atomic E-state index is 13.9. The van der Waals surface area contributed by atoms with Crippen LogP contribution in [-0.4, -0.2) is 38.5 Å². The third kappa shape index (κ3) is 4.72. The number of allylic oxidation sites excluding steroid dienone is 1. The van der Waals surface area contributed by atoms with Gasteiger partial charge in [-0.05, 0) is 35.9 Å². The molecule has 1 atom stereocenters. The highest BCUT2D eigenvalue weighted by molar-refractivity contribution is 6.33. The van der Waals surface area contributed by atoms with E-state index in [-0.39, 0.29) is 22.5 Å². The number of benzene rings is 3. The molecule has 4 rings (SSSR count). The van der Waals surface area contributed by atoms with Crippen molar-refractivity contribution in [2.75, 3.05) is 6.61 Å². The lowest BCUT2D eigenvalue weighted by Crippen LogP contribution is -2.13. The number of para-hydroxylation sites is 2. The molecule has 0 fully saturated rings. The van der Waals surface area contributed by atoms with Crippen molar-refractivity contribution in [3.8, 4) is 0 Å². The van der Waals surface area contributed by atoms with Crippen molar-refractivity contribution in [2.24, 2.45) is 0 Å². The Labute approximate surface area is 194 Å². The first-order valence-electron chi connectivity index (χ1n) is 10.4. The fourth-order valence-electron chi connectivity index (χ4n) is 3.61. The summed E-state index contributed by atoms with van der Waals surface area (Å²) in [6, 6.07) is 18.5. The molecule has 4 aromatic rings. The standard InChI is InChI=1S/C26H21FN2O5/c1-15(31)34-22(14-30)16-6-4-7-17(12-16)24(32)23(25(33)18-8-5-9-19(27)13-18)26-28-20-10-2-3-11-21(20)29-26/h2-13,22,30,32H,14H2,1H3,(H,28,29). The molecule has 0 amide bonds. The van der Waals surface area contributed by atoms with Crippen LogP contribution in [0.1, 0.15) is 40.3 Å². The number of carbonyl (C=O) groups excluding carboxylic acids is 2. The number of nitrogens with one attached hydrogen (secondary N) is 1. The molecule has 1 aromatic heterocycles. The smallest absolute Gasteiger partial charge is 0.303 e. The van der Waals surface area contributed by atoms with Gasteiger partial charge in [-0.3, -0.25) is 9.59 Å². The highest BCUT2D eigenvalue weighted by Gasteiger charge is 2.25. The van der Waals surface area contributed by atoms with E-state index >= 15 is 0 Å². The molecular formula is C26H21FN2O5. The van der Waals surface area contributed by atoms with Crippen molar-refractivity contribution < 1.29 is 28.9 Å². The van der Waals surface area contributed by atoms with Crippen LogP contribution in [0.4, 0.5) is 4.39 Å². The zero-order valence-electron chi connectivity index (χ0n) is 18.2. The predicted molar refractivity (Wildman–Crippen MR) is 124 cm³/mol. The highest BCUT2D eigenvalue weighted by Crippen LogP contribution is 2.30. The first kappa shape index (κ1) is 22.9. The summed E-state index contributed by atoms with van der Waals surface area (Å²) in [6.07, 6.45) is -0.946. The average molecular weight is 460 g/mol. The van der Waals surface area contributed by atoms with Gasteiger partial charge in [-0.2, -0.15) is 0 Å². The molecule has 0 spiro atoms. The van der Waals surface area contributed by atoms with Gasteiger partial charge in [0.15, 0.2) is 0 Å². The Morgan fingerprint density at radius 1 is 1.03 bits per heavy atom. The molecule has 0 aliphatic heterocycles. The molecular weight excluding hydrogens is 439 g/mol. The Morgan fingerprint density at radius 3 is 2.47 bits per heavy atom. The van der Waals surface area contributed by atoms with E-state index in [1.54, 1.807) is 42.5 Å². The zero-order chi connectivity index (χ0) is 24.2. The van der Waals surface area contributed by atoms with Crippen LogP contribution in [-0.2, 0) is 9.53 Å². The lowest BCUT2D eigenvalue weighted by Gasteiger charge is -2.16. The molecule has 3 N–H and O–H groups in total. The van der Waals surface area contributed by atoms with Gasteiger partial charge in [0.05, 0.1) is 17.6 Å². The fraction of sp³-hybridized carbons (Fsp3) is 0.115. The monoisotopic (exact) mass is 460 g/mol. The lowest BCUT2D eigenvalue weighted by molar-refractivity contribution is -0.148. The van der Waals surface area contributed by atoms with Crippen molar-refractivity contribution in [3.05, 3.63) is 101 Å². The number of esters is 1. The van der Waals surface area contributed by atoms with Crippen LogP contribution >= 0.6 is 0 Å². The van der Waals surface area contributed by atoms with E-state index in [0.29, 0.717) is 16.6 Å². The second kappa shape index (κ2) is 9.68. The summed E-state index contributed by atoms with van der Waals surface area (Å²) in [7, 11) is 0. The number of hydrogen-bond donors (Lipinski definition) is 3. The first-order chi connectivity index (χ1) is 16.4. The highest BCUT2D eigenvalue weighted by atomic mass is 19.1. The quantitative estimate of drug-likeness (QED) is 0.161. The summed E-state index contributed by atoms with van der Waals surface area (Å²) in [4.78, 5) is 32.3. The van der Waals surface area contributed by atoms with E-state index in [0.717, 1.165) is 6.07 Å². The molecule has 0 aliphatic rings. The summed E-state index contributed by atoms with van der Waals surface area (Å²) in [5.74, 6) is -2.11. The third-order valence-electron chi connectivity index (χ3n) is 5.18. The number of halogens is 1. The van der Waals surface area contributed by atoms with E-state index in [1.807, 2.05) is 0 Å². The average Bonchev–Trinajstić information content (AvgIpc) is 3.26. The van der Waals surface area contributed by atoms with Crippen molar-refractivity contribution in [2.45, 2.75) is 13.0 Å². The van der Waals surface area contributed by atoms with Gasteiger partial charge in [0, 0.05) is 18.1 Å². The second-order valence-corrected chi connectivity index (χ2v) is 7.57. The summed E-state index contributed by atoms with van der Waals surface area (Å²) < 4.78 is 19.0. The number of Topliss-reactive ketones (excluding diaryl/α,β-unsaturated/α-hetero) is 1. The lowest BCUT2D eigenvalue weighted by atomic mass is 9.97. The van der Waals surface area contributed by atoms with Crippen LogP contribution in [0.2, 0.25) is 0 Å². The Balaban J connectivity index is 1.88. The maximum atomic E-state index is 13.9. The number of H-pyrrole nitrogens is 1. The van der Waals surface area contributed by atoms with E-state index in [4.69, 9.17) is 4.74 Å². The van der Waals surface area contributed by atoms with Crippen molar-refractivity contribution in [1.29, 1.82) is 0 Å². The minimum atomic E-state index is -0.946. The molecule has 34 heavy (non-hydrogen) atoms. The summed E-state index contributed by atoms with van der Waals surface area (Å²) in [5, 5.41) is 20.9. The molecule has 0 aliphatic carbocycles. The number of ether oxygens (including phenoxy) is 1. The number of hydrogen-bond acceptors (Lipinski definition) is 6. The number of fused-ring (bicyclic) bond motifs is 1. The van der Waals surface area contributed by atoms with Crippen LogP contribution in [0.5, 0.6) is 0 Å². The number of imidazole rings is 1. The molecule has 3 aromatic carbocycles. The molecule has 7 nitrogen and oxygen atoms in total. The zero-order valence-corrected chi connectivity index (χ0v) is 18.2. The minimum Gasteiger partial charge on any atom is -0.506 e. The minimum absolute atomic E-state index is 0.0336. The van der Waals surface area contributed by atoms with Gasteiger partial charge in [0.25, 0.3) is 0 Å². The molecule has 8 heteroatoms.